The van der Waals surface area contributed by atoms with Crippen LogP contribution in [0.1, 0.15) is 22.8 Å². The maximum atomic E-state index is 13.6. The maximum Gasteiger partial charge on any atom is 0.253 e. The molecule has 1 N–H and O–H groups in total. The van der Waals surface area contributed by atoms with Gasteiger partial charge in [-0.25, -0.2) is 4.39 Å². The molecule has 1 heterocycles. The van der Waals surface area contributed by atoms with Crippen molar-refractivity contribution in [3.05, 3.63) is 65.5 Å². The number of halogens is 1. The number of amides is 2. The summed E-state index contributed by atoms with van der Waals surface area (Å²) in [6.45, 7) is 5.90. The third kappa shape index (κ3) is 4.52. The van der Waals surface area contributed by atoms with E-state index in [1.807, 2.05) is 47.1 Å². The van der Waals surface area contributed by atoms with Crippen molar-refractivity contribution >= 4 is 17.5 Å². The zero-order valence-electron chi connectivity index (χ0n) is 15.6. The molecule has 6 heteroatoms. The van der Waals surface area contributed by atoms with Gasteiger partial charge >= 0.3 is 0 Å². The molecule has 2 aromatic carbocycles. The molecule has 5 nitrogen and oxygen atoms in total. The molecule has 1 aliphatic rings. The first-order valence-corrected chi connectivity index (χ1v) is 9.11. The summed E-state index contributed by atoms with van der Waals surface area (Å²) >= 11 is 0. The summed E-state index contributed by atoms with van der Waals surface area (Å²) in [6.07, 6.45) is 0. The number of benzene rings is 2. The van der Waals surface area contributed by atoms with Crippen LogP contribution in [-0.4, -0.2) is 53.8 Å². The molecule has 1 unspecified atom stereocenters. The Labute approximate surface area is 158 Å². The van der Waals surface area contributed by atoms with E-state index in [0.717, 1.165) is 0 Å². The van der Waals surface area contributed by atoms with Crippen LogP contribution >= 0.6 is 0 Å². The molecule has 2 aromatic rings. The maximum absolute atomic E-state index is 13.6. The summed E-state index contributed by atoms with van der Waals surface area (Å²) in [4.78, 5) is 28.8. The fourth-order valence-electron chi connectivity index (χ4n) is 3.16. The first kappa shape index (κ1) is 19.0. The number of anilines is 1. The number of rotatable bonds is 4. The van der Waals surface area contributed by atoms with Gasteiger partial charge in [0.15, 0.2) is 0 Å². The van der Waals surface area contributed by atoms with Crippen LogP contribution in [0.5, 0.6) is 0 Å². The SMILES string of the molecule is Cc1ccc(NC(=O)C(C)N2CCN(C(=O)c3ccccc3)CC2)cc1F. The van der Waals surface area contributed by atoms with Gasteiger partial charge in [-0.1, -0.05) is 24.3 Å². The molecule has 142 valence electrons. The van der Waals surface area contributed by atoms with E-state index in [-0.39, 0.29) is 23.7 Å². The average Bonchev–Trinajstić information content (AvgIpc) is 2.70. The van der Waals surface area contributed by atoms with Crippen molar-refractivity contribution in [2.24, 2.45) is 0 Å². The molecule has 0 saturated carbocycles. The Kier molecular flexibility index (Phi) is 5.86. The topological polar surface area (TPSA) is 52.7 Å². The zero-order valence-corrected chi connectivity index (χ0v) is 15.6. The fourth-order valence-corrected chi connectivity index (χ4v) is 3.16. The Morgan fingerprint density at radius 1 is 1.04 bits per heavy atom. The third-order valence-corrected chi connectivity index (χ3v) is 4.99. The lowest BCUT2D eigenvalue weighted by atomic mass is 10.1. The van der Waals surface area contributed by atoms with Gasteiger partial charge < -0.3 is 10.2 Å². The fraction of sp³-hybridized carbons (Fsp3) is 0.333. The molecule has 0 bridgehead atoms. The van der Waals surface area contributed by atoms with Gasteiger partial charge in [-0.05, 0) is 43.7 Å². The minimum absolute atomic E-state index is 0.0162. The predicted octanol–water partition coefficient (Wildman–Crippen LogP) is 2.92. The van der Waals surface area contributed by atoms with E-state index in [9.17, 15) is 14.0 Å². The smallest absolute Gasteiger partial charge is 0.253 e. The Bertz CT molecular complexity index is 817. The number of hydrogen-bond donors (Lipinski definition) is 1. The van der Waals surface area contributed by atoms with Crippen LogP contribution in [0.2, 0.25) is 0 Å². The molecule has 0 aliphatic carbocycles. The number of carbonyl (C=O) groups excluding carboxylic acids is 2. The average molecular weight is 369 g/mol. The van der Waals surface area contributed by atoms with Gasteiger partial charge in [0, 0.05) is 37.4 Å². The van der Waals surface area contributed by atoms with Crippen molar-refractivity contribution < 1.29 is 14.0 Å². The Hall–Kier alpha value is -2.73. The number of nitrogens with one attached hydrogen (secondary N) is 1. The molecular weight excluding hydrogens is 345 g/mol. The van der Waals surface area contributed by atoms with E-state index in [1.165, 1.54) is 6.07 Å². The molecule has 3 rings (SSSR count). The molecule has 1 fully saturated rings. The highest BCUT2D eigenvalue weighted by molar-refractivity contribution is 5.95. The van der Waals surface area contributed by atoms with Crippen molar-refractivity contribution in [1.29, 1.82) is 0 Å². The first-order chi connectivity index (χ1) is 13.0. The highest BCUT2D eigenvalue weighted by Crippen LogP contribution is 2.16. The van der Waals surface area contributed by atoms with E-state index in [1.54, 1.807) is 19.1 Å². The molecule has 1 aliphatic heterocycles. The molecule has 27 heavy (non-hydrogen) atoms. The van der Waals surface area contributed by atoms with Gasteiger partial charge in [-0.3, -0.25) is 14.5 Å². The van der Waals surface area contributed by atoms with E-state index < -0.39 is 0 Å². The minimum Gasteiger partial charge on any atom is -0.336 e. The minimum atomic E-state index is -0.358. The van der Waals surface area contributed by atoms with Crippen molar-refractivity contribution in [3.8, 4) is 0 Å². The van der Waals surface area contributed by atoms with E-state index in [2.05, 4.69) is 5.32 Å². The van der Waals surface area contributed by atoms with Crippen LogP contribution in [-0.2, 0) is 4.79 Å². The van der Waals surface area contributed by atoms with Gasteiger partial charge in [0.1, 0.15) is 5.82 Å². The lowest BCUT2D eigenvalue weighted by Gasteiger charge is -2.37. The standard InChI is InChI=1S/C21H24FN3O2/c1-15-8-9-18(14-19(15)22)23-20(26)16(2)24-10-12-25(13-11-24)21(27)17-6-4-3-5-7-17/h3-9,14,16H,10-13H2,1-2H3,(H,23,26). The van der Waals surface area contributed by atoms with Crippen LogP contribution < -0.4 is 5.32 Å². The number of piperazine rings is 1. The van der Waals surface area contributed by atoms with E-state index in [0.29, 0.717) is 43.0 Å². The summed E-state index contributed by atoms with van der Waals surface area (Å²) in [5.74, 6) is -0.503. The second-order valence-electron chi connectivity index (χ2n) is 6.82. The molecule has 0 radical (unpaired) electrons. The van der Waals surface area contributed by atoms with Gasteiger partial charge in [0.05, 0.1) is 6.04 Å². The summed E-state index contributed by atoms with van der Waals surface area (Å²) < 4.78 is 13.6. The first-order valence-electron chi connectivity index (χ1n) is 9.11. The Balaban J connectivity index is 1.54. The zero-order chi connectivity index (χ0) is 19.4. The van der Waals surface area contributed by atoms with Gasteiger partial charge in [-0.15, -0.1) is 0 Å². The molecule has 0 aromatic heterocycles. The lowest BCUT2D eigenvalue weighted by molar-refractivity contribution is -0.121. The van der Waals surface area contributed by atoms with Crippen LogP contribution in [0, 0.1) is 12.7 Å². The van der Waals surface area contributed by atoms with Crippen molar-refractivity contribution in [2.45, 2.75) is 19.9 Å². The lowest BCUT2D eigenvalue weighted by Crippen LogP contribution is -2.54. The normalized spacial score (nSPS) is 16.0. The molecule has 2 amide bonds. The molecular formula is C21H24FN3O2. The summed E-state index contributed by atoms with van der Waals surface area (Å²) in [7, 11) is 0. The Morgan fingerprint density at radius 3 is 2.33 bits per heavy atom. The van der Waals surface area contributed by atoms with Crippen LogP contribution in [0.3, 0.4) is 0 Å². The van der Waals surface area contributed by atoms with Gasteiger partial charge in [-0.2, -0.15) is 0 Å². The number of nitrogens with zero attached hydrogens (tertiary/aromatic N) is 2. The van der Waals surface area contributed by atoms with E-state index >= 15 is 0 Å². The van der Waals surface area contributed by atoms with Gasteiger partial charge in [0.25, 0.3) is 5.91 Å². The highest BCUT2D eigenvalue weighted by Gasteiger charge is 2.28. The number of hydrogen-bond acceptors (Lipinski definition) is 3. The monoisotopic (exact) mass is 369 g/mol. The van der Waals surface area contributed by atoms with Crippen molar-refractivity contribution in [3.63, 3.8) is 0 Å². The largest absolute Gasteiger partial charge is 0.336 e. The second-order valence-corrected chi connectivity index (χ2v) is 6.82. The Morgan fingerprint density at radius 2 is 1.70 bits per heavy atom. The third-order valence-electron chi connectivity index (χ3n) is 4.99. The van der Waals surface area contributed by atoms with E-state index in [4.69, 9.17) is 0 Å². The summed E-state index contributed by atoms with van der Waals surface area (Å²) in [5.41, 5.74) is 1.67. The summed E-state index contributed by atoms with van der Waals surface area (Å²) in [6, 6.07) is 13.5. The highest BCUT2D eigenvalue weighted by atomic mass is 19.1. The van der Waals surface area contributed by atoms with Crippen LogP contribution in [0.4, 0.5) is 10.1 Å². The number of carbonyl (C=O) groups is 2. The van der Waals surface area contributed by atoms with Crippen molar-refractivity contribution in [2.75, 3.05) is 31.5 Å². The predicted molar refractivity (Wildman–Crippen MR) is 103 cm³/mol. The van der Waals surface area contributed by atoms with Gasteiger partial charge in [0.2, 0.25) is 5.91 Å². The van der Waals surface area contributed by atoms with Crippen LogP contribution in [0.15, 0.2) is 48.5 Å². The summed E-state index contributed by atoms with van der Waals surface area (Å²) in [5, 5.41) is 2.77. The van der Waals surface area contributed by atoms with Crippen molar-refractivity contribution in [1.82, 2.24) is 9.80 Å². The molecule has 1 saturated heterocycles. The van der Waals surface area contributed by atoms with Crippen LogP contribution in [0.25, 0.3) is 0 Å². The molecule has 1 atom stereocenters. The quantitative estimate of drug-likeness (QED) is 0.902. The number of aryl methyl sites for hydroxylation is 1. The second kappa shape index (κ2) is 8.31. The molecule has 0 spiro atoms.